The van der Waals surface area contributed by atoms with Gasteiger partial charge in [0.2, 0.25) is 0 Å². The molecule has 0 radical (unpaired) electrons. The lowest BCUT2D eigenvalue weighted by Gasteiger charge is -2.19. The van der Waals surface area contributed by atoms with Gasteiger partial charge in [0.15, 0.2) is 0 Å². The van der Waals surface area contributed by atoms with Crippen molar-refractivity contribution in [1.29, 1.82) is 0 Å². The molecular formula is C19H18N2O. The van der Waals surface area contributed by atoms with E-state index in [4.69, 9.17) is 11.5 Å². The minimum absolute atomic E-state index is 0.0711. The van der Waals surface area contributed by atoms with Crippen LogP contribution >= 0.6 is 0 Å². The van der Waals surface area contributed by atoms with Crippen molar-refractivity contribution in [3.63, 3.8) is 0 Å². The van der Waals surface area contributed by atoms with E-state index in [9.17, 15) is 5.11 Å². The molecule has 0 fully saturated rings. The monoisotopic (exact) mass is 290 g/mol. The number of hydrogen-bond donors (Lipinski definition) is 3. The third kappa shape index (κ3) is 2.88. The van der Waals surface area contributed by atoms with Crippen molar-refractivity contribution in [3.8, 4) is 5.75 Å². The first kappa shape index (κ1) is 14.0. The number of hydrogen-bond acceptors (Lipinski definition) is 3. The maximum atomic E-state index is 9.52. The van der Waals surface area contributed by atoms with Gasteiger partial charge in [-0.1, -0.05) is 36.4 Å². The highest BCUT2D eigenvalue weighted by Crippen LogP contribution is 2.33. The minimum atomic E-state index is 0.0711. The van der Waals surface area contributed by atoms with Crippen LogP contribution in [0.5, 0.6) is 5.75 Å². The van der Waals surface area contributed by atoms with Gasteiger partial charge in [-0.2, -0.15) is 0 Å². The van der Waals surface area contributed by atoms with Crippen LogP contribution < -0.4 is 11.5 Å². The molecule has 3 aromatic carbocycles. The first-order valence-electron chi connectivity index (χ1n) is 7.13. The van der Waals surface area contributed by atoms with Gasteiger partial charge < -0.3 is 16.6 Å². The molecule has 0 aliphatic heterocycles. The number of nitrogen functional groups attached to an aromatic ring is 2. The average Bonchev–Trinajstić information content (AvgIpc) is 2.53. The molecule has 0 spiro atoms. The van der Waals surface area contributed by atoms with Crippen LogP contribution in [-0.2, 0) is 0 Å². The molecule has 0 bridgehead atoms. The Morgan fingerprint density at radius 1 is 0.545 bits per heavy atom. The number of benzene rings is 3. The van der Waals surface area contributed by atoms with Gasteiger partial charge >= 0.3 is 0 Å². The third-order valence-corrected chi connectivity index (χ3v) is 3.77. The number of phenolic OH excluding ortho intramolecular Hbond substituents is 1. The molecule has 22 heavy (non-hydrogen) atoms. The van der Waals surface area contributed by atoms with Gasteiger partial charge in [0, 0.05) is 17.3 Å². The first-order valence-corrected chi connectivity index (χ1v) is 7.13. The van der Waals surface area contributed by atoms with E-state index in [2.05, 4.69) is 0 Å². The number of rotatable bonds is 3. The summed E-state index contributed by atoms with van der Waals surface area (Å²) in [5, 5.41) is 9.52. The second-order valence-electron chi connectivity index (χ2n) is 5.36. The minimum Gasteiger partial charge on any atom is -0.508 e. The fourth-order valence-corrected chi connectivity index (χ4v) is 2.62. The maximum Gasteiger partial charge on any atom is 0.115 e. The van der Waals surface area contributed by atoms with Gasteiger partial charge in [-0.3, -0.25) is 0 Å². The van der Waals surface area contributed by atoms with Crippen molar-refractivity contribution < 1.29 is 5.11 Å². The normalized spacial score (nSPS) is 10.8. The lowest BCUT2D eigenvalue weighted by atomic mass is 9.85. The summed E-state index contributed by atoms with van der Waals surface area (Å²) >= 11 is 0. The van der Waals surface area contributed by atoms with E-state index in [0.717, 1.165) is 28.1 Å². The van der Waals surface area contributed by atoms with Gasteiger partial charge in [-0.25, -0.2) is 0 Å². The summed E-state index contributed by atoms with van der Waals surface area (Å²) in [6, 6.07) is 23.0. The number of aromatic hydroxyl groups is 1. The summed E-state index contributed by atoms with van der Waals surface area (Å²) in [6.45, 7) is 0. The van der Waals surface area contributed by atoms with E-state index in [0.29, 0.717) is 0 Å². The zero-order chi connectivity index (χ0) is 15.5. The van der Waals surface area contributed by atoms with Crippen LogP contribution in [0.3, 0.4) is 0 Å². The molecule has 0 saturated carbocycles. The van der Waals surface area contributed by atoms with E-state index < -0.39 is 0 Å². The molecule has 0 aromatic heterocycles. The summed E-state index contributed by atoms with van der Waals surface area (Å²) < 4.78 is 0. The highest BCUT2D eigenvalue weighted by molar-refractivity contribution is 5.50. The molecule has 110 valence electrons. The van der Waals surface area contributed by atoms with Gasteiger partial charge in [0.25, 0.3) is 0 Å². The van der Waals surface area contributed by atoms with Crippen LogP contribution in [0.2, 0.25) is 0 Å². The van der Waals surface area contributed by atoms with Crippen LogP contribution in [0.25, 0.3) is 0 Å². The zero-order valence-electron chi connectivity index (χ0n) is 12.1. The molecule has 0 saturated heterocycles. The Bertz CT molecular complexity index is 639. The molecule has 0 amide bonds. The summed E-state index contributed by atoms with van der Waals surface area (Å²) in [5.41, 5.74) is 16.5. The Balaban J connectivity index is 2.10. The van der Waals surface area contributed by atoms with Crippen LogP contribution in [-0.4, -0.2) is 5.11 Å². The van der Waals surface area contributed by atoms with Crippen molar-refractivity contribution in [2.24, 2.45) is 0 Å². The van der Waals surface area contributed by atoms with Gasteiger partial charge in [0.05, 0.1) is 0 Å². The van der Waals surface area contributed by atoms with Crippen LogP contribution in [0.4, 0.5) is 11.4 Å². The van der Waals surface area contributed by atoms with Crippen molar-refractivity contribution >= 4 is 11.4 Å². The highest BCUT2D eigenvalue weighted by Gasteiger charge is 2.16. The summed E-state index contributed by atoms with van der Waals surface area (Å²) in [7, 11) is 0. The Morgan fingerprint density at radius 2 is 0.864 bits per heavy atom. The second-order valence-corrected chi connectivity index (χ2v) is 5.36. The van der Waals surface area contributed by atoms with Crippen molar-refractivity contribution in [2.45, 2.75) is 5.92 Å². The summed E-state index contributed by atoms with van der Waals surface area (Å²) in [6.07, 6.45) is 0. The molecular weight excluding hydrogens is 272 g/mol. The molecule has 0 aliphatic carbocycles. The zero-order valence-corrected chi connectivity index (χ0v) is 12.1. The predicted octanol–water partition coefficient (Wildman–Crippen LogP) is 3.74. The van der Waals surface area contributed by atoms with Crippen molar-refractivity contribution in [1.82, 2.24) is 0 Å². The van der Waals surface area contributed by atoms with Crippen molar-refractivity contribution in [2.75, 3.05) is 11.5 Å². The Hall–Kier alpha value is -2.94. The largest absolute Gasteiger partial charge is 0.508 e. The van der Waals surface area contributed by atoms with E-state index in [1.165, 1.54) is 0 Å². The fraction of sp³-hybridized carbons (Fsp3) is 0.0526. The summed E-state index contributed by atoms with van der Waals surface area (Å²) in [4.78, 5) is 0. The fourth-order valence-electron chi connectivity index (χ4n) is 2.62. The molecule has 0 unspecified atom stereocenters. The molecule has 3 rings (SSSR count). The van der Waals surface area contributed by atoms with Crippen LogP contribution in [0.15, 0.2) is 72.8 Å². The standard InChI is InChI=1S/C19H18N2O/c20-16-7-1-13(2-8-16)19(14-3-9-17(21)10-4-14)15-5-11-18(22)12-6-15/h1-12,19,22H,20-21H2. The number of phenols is 1. The topological polar surface area (TPSA) is 72.3 Å². The van der Waals surface area contributed by atoms with Gasteiger partial charge in [0.1, 0.15) is 5.75 Å². The predicted molar refractivity (Wildman–Crippen MR) is 90.8 cm³/mol. The molecule has 0 aliphatic rings. The van der Waals surface area contributed by atoms with E-state index in [-0.39, 0.29) is 11.7 Å². The van der Waals surface area contributed by atoms with Crippen molar-refractivity contribution in [3.05, 3.63) is 89.5 Å². The van der Waals surface area contributed by atoms with Gasteiger partial charge in [-0.05, 0) is 53.1 Å². The number of nitrogens with two attached hydrogens (primary N) is 2. The molecule has 3 nitrogen and oxygen atoms in total. The smallest absolute Gasteiger partial charge is 0.115 e. The van der Waals surface area contributed by atoms with E-state index >= 15 is 0 Å². The van der Waals surface area contributed by atoms with E-state index in [1.807, 2.05) is 60.7 Å². The lowest BCUT2D eigenvalue weighted by molar-refractivity contribution is 0.475. The number of anilines is 2. The summed E-state index contributed by atoms with van der Waals surface area (Å²) in [5.74, 6) is 0.332. The Kier molecular flexibility index (Phi) is 3.71. The van der Waals surface area contributed by atoms with Crippen LogP contribution in [0.1, 0.15) is 22.6 Å². The quantitative estimate of drug-likeness (QED) is 0.508. The Morgan fingerprint density at radius 3 is 1.23 bits per heavy atom. The SMILES string of the molecule is Nc1ccc(C(c2ccc(N)cc2)c2ccc(O)cc2)cc1. The average molecular weight is 290 g/mol. The second kappa shape index (κ2) is 5.82. The van der Waals surface area contributed by atoms with Gasteiger partial charge in [-0.15, -0.1) is 0 Å². The molecule has 5 N–H and O–H groups in total. The Labute approximate surface area is 129 Å². The van der Waals surface area contributed by atoms with E-state index in [1.54, 1.807) is 12.1 Å². The third-order valence-electron chi connectivity index (χ3n) is 3.77. The van der Waals surface area contributed by atoms with Crippen LogP contribution in [0, 0.1) is 0 Å². The maximum absolute atomic E-state index is 9.52. The lowest BCUT2D eigenvalue weighted by Crippen LogP contribution is -2.03. The molecule has 3 aromatic rings. The molecule has 3 heteroatoms. The molecule has 0 atom stereocenters. The molecule has 0 heterocycles. The first-order chi connectivity index (χ1) is 10.6. The highest BCUT2D eigenvalue weighted by atomic mass is 16.3.